The minimum absolute atomic E-state index is 0.981. The van der Waals surface area contributed by atoms with Crippen molar-refractivity contribution < 1.29 is 4.90 Å². The zero-order valence-electron chi connectivity index (χ0n) is 7.91. The molecule has 0 aromatic heterocycles. The number of quaternary nitrogens is 1. The highest BCUT2D eigenvalue weighted by molar-refractivity contribution is 4.57. The van der Waals surface area contributed by atoms with Crippen molar-refractivity contribution in [3.05, 3.63) is 0 Å². The summed E-state index contributed by atoms with van der Waals surface area (Å²) in [6.07, 6.45) is 4.28. The average molecular weight is 144 g/mol. The fourth-order valence-corrected chi connectivity index (χ4v) is 1.63. The molecule has 0 spiro atoms. The summed E-state index contributed by atoms with van der Waals surface area (Å²) in [4.78, 5) is 1.74. The lowest BCUT2D eigenvalue weighted by Crippen LogP contribution is -3.10. The molecule has 0 aliphatic carbocycles. The second kappa shape index (κ2) is 5.72. The van der Waals surface area contributed by atoms with Gasteiger partial charge in [-0.15, -0.1) is 0 Å². The summed E-state index contributed by atoms with van der Waals surface area (Å²) in [6.45, 7) is 7.69. The van der Waals surface area contributed by atoms with Gasteiger partial charge in [0.2, 0.25) is 0 Å². The third-order valence-corrected chi connectivity index (χ3v) is 2.31. The predicted molar refractivity (Wildman–Crippen MR) is 46.4 cm³/mol. The number of rotatable bonds is 1. The van der Waals surface area contributed by atoms with E-state index in [1.165, 1.54) is 25.8 Å². The first kappa shape index (κ1) is 9.96. The van der Waals surface area contributed by atoms with Crippen LogP contribution in [0.1, 0.15) is 40.0 Å². The van der Waals surface area contributed by atoms with Crippen LogP contribution in [0, 0.1) is 0 Å². The highest BCUT2D eigenvalue weighted by Gasteiger charge is 2.21. The highest BCUT2D eigenvalue weighted by Crippen LogP contribution is 2.01. The molecule has 1 heterocycles. The Morgan fingerprint density at radius 1 is 1.40 bits per heavy atom. The van der Waals surface area contributed by atoms with Gasteiger partial charge in [0.1, 0.15) is 0 Å². The van der Waals surface area contributed by atoms with Crippen molar-refractivity contribution in [1.82, 2.24) is 0 Å². The van der Waals surface area contributed by atoms with E-state index in [0.717, 1.165) is 6.04 Å². The van der Waals surface area contributed by atoms with E-state index in [0.29, 0.717) is 0 Å². The molecular weight excluding hydrogens is 122 g/mol. The number of likely N-dealkylation sites (tertiary alicyclic amines) is 1. The van der Waals surface area contributed by atoms with Gasteiger partial charge in [-0.2, -0.15) is 0 Å². The second-order valence-corrected chi connectivity index (χ2v) is 2.84. The van der Waals surface area contributed by atoms with Crippen molar-refractivity contribution in [2.24, 2.45) is 0 Å². The molecule has 0 aromatic carbocycles. The Morgan fingerprint density at radius 2 is 2.00 bits per heavy atom. The molecular formula is C9H22N+. The minimum Gasteiger partial charge on any atom is -0.335 e. The van der Waals surface area contributed by atoms with Crippen LogP contribution >= 0.6 is 0 Å². The lowest BCUT2D eigenvalue weighted by molar-refractivity contribution is -0.892. The van der Waals surface area contributed by atoms with Crippen molar-refractivity contribution in [2.75, 3.05) is 13.6 Å². The maximum absolute atomic E-state index is 2.31. The molecule has 1 heteroatoms. The average Bonchev–Trinajstić information content (AvgIpc) is 2.39. The number of hydrogen-bond donors (Lipinski definition) is 1. The molecule has 0 amide bonds. The Kier molecular flexibility index (Phi) is 5.70. The normalized spacial score (nSPS) is 31.2. The standard InChI is InChI=1S/C7H15N.C2H6/c1-3-7-5-4-6-8(7)2;1-2/h7H,3-6H2,1-2H3;1-2H3/p+1. The zero-order valence-corrected chi connectivity index (χ0v) is 7.91. The fourth-order valence-electron chi connectivity index (χ4n) is 1.63. The zero-order chi connectivity index (χ0) is 7.98. The van der Waals surface area contributed by atoms with Gasteiger partial charge in [0.25, 0.3) is 0 Å². The smallest absolute Gasteiger partial charge is 0.0872 e. The Balaban J connectivity index is 0.000000371. The first-order chi connectivity index (χ1) is 4.84. The Hall–Kier alpha value is -0.0400. The topological polar surface area (TPSA) is 4.44 Å². The molecule has 1 N–H and O–H groups in total. The molecule has 1 fully saturated rings. The molecule has 1 aliphatic heterocycles. The van der Waals surface area contributed by atoms with E-state index >= 15 is 0 Å². The summed E-state index contributed by atoms with van der Waals surface area (Å²) in [5, 5.41) is 0. The summed E-state index contributed by atoms with van der Waals surface area (Å²) in [5.41, 5.74) is 0. The minimum atomic E-state index is 0.981. The first-order valence-electron chi connectivity index (χ1n) is 4.67. The maximum atomic E-state index is 2.31. The van der Waals surface area contributed by atoms with Crippen molar-refractivity contribution >= 4 is 0 Å². The van der Waals surface area contributed by atoms with Crippen LogP contribution in [0.3, 0.4) is 0 Å². The molecule has 1 nitrogen and oxygen atoms in total. The summed E-state index contributed by atoms with van der Waals surface area (Å²) < 4.78 is 0. The molecule has 10 heavy (non-hydrogen) atoms. The van der Waals surface area contributed by atoms with Crippen LogP contribution in [-0.2, 0) is 0 Å². The van der Waals surface area contributed by atoms with E-state index in [9.17, 15) is 0 Å². The summed E-state index contributed by atoms with van der Waals surface area (Å²) in [5.74, 6) is 0. The van der Waals surface area contributed by atoms with Gasteiger partial charge in [0.15, 0.2) is 0 Å². The third kappa shape index (κ3) is 2.70. The van der Waals surface area contributed by atoms with E-state index in [-0.39, 0.29) is 0 Å². The Morgan fingerprint density at radius 3 is 2.20 bits per heavy atom. The molecule has 1 aliphatic rings. The van der Waals surface area contributed by atoms with Gasteiger partial charge in [-0.1, -0.05) is 20.8 Å². The summed E-state index contributed by atoms with van der Waals surface area (Å²) >= 11 is 0. The quantitative estimate of drug-likeness (QED) is 0.562. The Labute approximate surface area is 65.4 Å². The van der Waals surface area contributed by atoms with Crippen LogP contribution in [0.25, 0.3) is 0 Å². The Bertz CT molecular complexity index is 71.1. The van der Waals surface area contributed by atoms with Crippen LogP contribution < -0.4 is 4.90 Å². The van der Waals surface area contributed by atoms with Gasteiger partial charge >= 0.3 is 0 Å². The lowest BCUT2D eigenvalue weighted by Gasteiger charge is -2.13. The van der Waals surface area contributed by atoms with Gasteiger partial charge in [0, 0.05) is 12.8 Å². The molecule has 62 valence electrons. The number of nitrogens with one attached hydrogen (secondary N) is 1. The third-order valence-electron chi connectivity index (χ3n) is 2.31. The van der Waals surface area contributed by atoms with Gasteiger partial charge in [-0.05, 0) is 6.42 Å². The van der Waals surface area contributed by atoms with Gasteiger partial charge < -0.3 is 4.90 Å². The van der Waals surface area contributed by atoms with Crippen molar-refractivity contribution in [2.45, 2.75) is 46.1 Å². The largest absolute Gasteiger partial charge is 0.335 e. The highest BCUT2D eigenvalue weighted by atomic mass is 15.1. The van der Waals surface area contributed by atoms with Gasteiger partial charge in [-0.3, -0.25) is 0 Å². The number of hydrogen-bond acceptors (Lipinski definition) is 0. The summed E-state index contributed by atoms with van der Waals surface area (Å²) in [6, 6.07) is 0.981. The molecule has 0 saturated carbocycles. The van der Waals surface area contributed by atoms with Crippen LogP contribution in [0.15, 0.2) is 0 Å². The lowest BCUT2D eigenvalue weighted by atomic mass is 10.2. The van der Waals surface area contributed by atoms with Crippen LogP contribution in [0.4, 0.5) is 0 Å². The molecule has 0 bridgehead atoms. The predicted octanol–water partition coefficient (Wildman–Crippen LogP) is 1.10. The molecule has 1 rings (SSSR count). The maximum Gasteiger partial charge on any atom is 0.0872 e. The van der Waals surface area contributed by atoms with Crippen LogP contribution in [0.2, 0.25) is 0 Å². The molecule has 2 unspecified atom stereocenters. The molecule has 2 atom stereocenters. The van der Waals surface area contributed by atoms with E-state index in [1.54, 1.807) is 4.90 Å². The van der Waals surface area contributed by atoms with Crippen molar-refractivity contribution in [3.63, 3.8) is 0 Å². The molecule has 0 aromatic rings. The first-order valence-corrected chi connectivity index (χ1v) is 4.67. The van der Waals surface area contributed by atoms with Gasteiger partial charge in [0.05, 0.1) is 19.6 Å². The second-order valence-electron chi connectivity index (χ2n) is 2.84. The fraction of sp³-hybridized carbons (Fsp3) is 1.00. The van der Waals surface area contributed by atoms with Gasteiger partial charge in [-0.25, -0.2) is 0 Å². The van der Waals surface area contributed by atoms with E-state index in [1.807, 2.05) is 13.8 Å². The molecule has 0 radical (unpaired) electrons. The van der Waals surface area contributed by atoms with Crippen molar-refractivity contribution in [1.29, 1.82) is 0 Å². The van der Waals surface area contributed by atoms with E-state index in [4.69, 9.17) is 0 Å². The van der Waals surface area contributed by atoms with Crippen molar-refractivity contribution in [3.8, 4) is 0 Å². The van der Waals surface area contributed by atoms with E-state index < -0.39 is 0 Å². The van der Waals surface area contributed by atoms with Crippen LogP contribution in [0.5, 0.6) is 0 Å². The van der Waals surface area contributed by atoms with E-state index in [2.05, 4.69) is 14.0 Å². The summed E-state index contributed by atoms with van der Waals surface area (Å²) in [7, 11) is 2.31. The SMILES string of the molecule is CC.CCC1CCC[NH+]1C. The molecule has 1 saturated heterocycles. The monoisotopic (exact) mass is 144 g/mol. The van der Waals surface area contributed by atoms with Crippen LogP contribution in [-0.4, -0.2) is 19.6 Å².